The lowest BCUT2D eigenvalue weighted by Crippen LogP contribution is -2.37. The Labute approximate surface area is 153 Å². The minimum absolute atomic E-state index is 0.0150. The molecule has 9 nitrogen and oxygen atoms in total. The summed E-state index contributed by atoms with van der Waals surface area (Å²) in [6.45, 7) is 1.81. The lowest BCUT2D eigenvalue weighted by Gasteiger charge is -2.14. The molecule has 2 heterocycles. The zero-order chi connectivity index (χ0) is 19.6. The van der Waals surface area contributed by atoms with E-state index in [9.17, 15) is 22.0 Å². The Balaban J connectivity index is 1.78. The van der Waals surface area contributed by atoms with Crippen LogP contribution in [0.2, 0.25) is 0 Å². The maximum atomic E-state index is 12.8. The SMILES string of the molecule is Cn1c(=O)n(C2NNC(C(F)F)O2)c2cc(S(=O)(=O)NC3(C)CC3)ccc21. The molecule has 0 spiro atoms. The summed E-state index contributed by atoms with van der Waals surface area (Å²) in [6.07, 6.45) is -4.07. The molecule has 1 aliphatic carbocycles. The van der Waals surface area contributed by atoms with Crippen molar-refractivity contribution in [3.05, 3.63) is 28.7 Å². The van der Waals surface area contributed by atoms with Gasteiger partial charge >= 0.3 is 5.69 Å². The lowest BCUT2D eigenvalue weighted by atomic mass is 10.3. The normalized spacial score (nSPS) is 24.8. The monoisotopic (exact) mass is 403 g/mol. The number of benzene rings is 1. The summed E-state index contributed by atoms with van der Waals surface area (Å²) in [5.41, 5.74) is 4.47. The van der Waals surface area contributed by atoms with Crippen LogP contribution in [0.25, 0.3) is 11.0 Å². The molecule has 0 radical (unpaired) electrons. The summed E-state index contributed by atoms with van der Waals surface area (Å²) in [7, 11) is -2.28. The molecule has 1 saturated carbocycles. The van der Waals surface area contributed by atoms with Crippen LogP contribution in [-0.4, -0.2) is 35.7 Å². The summed E-state index contributed by atoms with van der Waals surface area (Å²) < 4.78 is 61.1. The number of nitrogens with one attached hydrogen (secondary N) is 3. The summed E-state index contributed by atoms with van der Waals surface area (Å²) in [4.78, 5) is 12.6. The van der Waals surface area contributed by atoms with E-state index in [0.29, 0.717) is 5.52 Å². The number of hydrogen-bond acceptors (Lipinski definition) is 6. The van der Waals surface area contributed by atoms with Crippen molar-refractivity contribution in [2.24, 2.45) is 7.05 Å². The van der Waals surface area contributed by atoms with Gasteiger partial charge in [-0.3, -0.25) is 9.13 Å². The van der Waals surface area contributed by atoms with Crippen LogP contribution in [-0.2, 0) is 21.8 Å². The molecule has 3 N–H and O–H groups in total. The Morgan fingerprint density at radius 3 is 2.59 bits per heavy atom. The van der Waals surface area contributed by atoms with E-state index in [1.165, 1.54) is 29.8 Å². The number of sulfonamides is 1. The number of hydrogen-bond donors (Lipinski definition) is 3. The van der Waals surface area contributed by atoms with E-state index in [1.807, 2.05) is 6.92 Å². The molecule has 2 fully saturated rings. The molecule has 12 heteroatoms. The Morgan fingerprint density at radius 1 is 1.30 bits per heavy atom. The number of nitrogens with zero attached hydrogens (tertiary/aromatic N) is 2. The van der Waals surface area contributed by atoms with E-state index < -0.39 is 40.3 Å². The van der Waals surface area contributed by atoms with E-state index in [-0.39, 0.29) is 10.4 Å². The van der Waals surface area contributed by atoms with Crippen LogP contribution in [0.15, 0.2) is 27.9 Å². The summed E-state index contributed by atoms with van der Waals surface area (Å²) in [5.74, 6) is 0. The number of aryl methyl sites for hydroxylation is 1. The van der Waals surface area contributed by atoms with Crippen LogP contribution in [0.3, 0.4) is 0 Å². The molecule has 1 aliphatic heterocycles. The maximum absolute atomic E-state index is 12.8. The van der Waals surface area contributed by atoms with Gasteiger partial charge in [-0.15, -0.1) is 0 Å². The number of halogens is 2. The van der Waals surface area contributed by atoms with E-state index in [2.05, 4.69) is 15.6 Å². The highest BCUT2D eigenvalue weighted by Gasteiger charge is 2.41. The number of hydrazine groups is 1. The molecule has 2 aromatic rings. The number of ether oxygens (including phenoxy) is 1. The summed E-state index contributed by atoms with van der Waals surface area (Å²) in [6, 6.07) is 4.25. The highest BCUT2D eigenvalue weighted by Crippen LogP contribution is 2.36. The van der Waals surface area contributed by atoms with Gasteiger partial charge in [-0.25, -0.2) is 37.6 Å². The molecule has 1 saturated heterocycles. The van der Waals surface area contributed by atoms with Gasteiger partial charge in [0.25, 0.3) is 6.43 Å². The van der Waals surface area contributed by atoms with Gasteiger partial charge < -0.3 is 4.74 Å². The van der Waals surface area contributed by atoms with Crippen molar-refractivity contribution >= 4 is 21.1 Å². The minimum atomic E-state index is -3.79. The van der Waals surface area contributed by atoms with Gasteiger partial charge in [0, 0.05) is 12.6 Å². The maximum Gasteiger partial charge on any atom is 0.332 e. The third-order valence-electron chi connectivity index (χ3n) is 4.84. The van der Waals surface area contributed by atoms with Gasteiger partial charge in [-0.1, -0.05) is 0 Å². The second-order valence-corrected chi connectivity index (χ2v) is 8.74. The van der Waals surface area contributed by atoms with E-state index in [0.717, 1.165) is 17.4 Å². The molecule has 0 amide bonds. The first-order valence-electron chi connectivity index (χ1n) is 8.31. The predicted octanol–water partition coefficient (Wildman–Crippen LogP) is 0.342. The first-order valence-corrected chi connectivity index (χ1v) is 9.79. The van der Waals surface area contributed by atoms with Crippen molar-refractivity contribution in [1.29, 1.82) is 0 Å². The molecule has 2 unspecified atom stereocenters. The Bertz CT molecular complexity index is 1060. The van der Waals surface area contributed by atoms with Crippen molar-refractivity contribution in [3.63, 3.8) is 0 Å². The van der Waals surface area contributed by atoms with E-state index >= 15 is 0 Å². The molecule has 1 aromatic carbocycles. The zero-order valence-corrected chi connectivity index (χ0v) is 15.4. The second-order valence-electron chi connectivity index (χ2n) is 7.06. The Kier molecular flexibility index (Phi) is 4.16. The van der Waals surface area contributed by atoms with Crippen molar-refractivity contribution in [3.8, 4) is 0 Å². The summed E-state index contributed by atoms with van der Waals surface area (Å²) >= 11 is 0. The molecular formula is C15H19F2N5O4S. The molecule has 2 aliphatic rings. The Hall–Kier alpha value is -1.86. The average Bonchev–Trinajstić information content (AvgIpc) is 3.04. The molecular weight excluding hydrogens is 384 g/mol. The van der Waals surface area contributed by atoms with Crippen LogP contribution < -0.4 is 21.3 Å². The third kappa shape index (κ3) is 3.17. The fourth-order valence-electron chi connectivity index (χ4n) is 3.02. The topological polar surface area (TPSA) is 106 Å². The molecule has 0 bridgehead atoms. The third-order valence-corrected chi connectivity index (χ3v) is 6.48. The van der Waals surface area contributed by atoms with Crippen LogP contribution in [0.4, 0.5) is 8.78 Å². The molecule has 2 atom stereocenters. The van der Waals surface area contributed by atoms with Crippen molar-refractivity contribution in [1.82, 2.24) is 24.7 Å². The highest BCUT2D eigenvalue weighted by atomic mass is 32.2. The molecule has 1 aromatic heterocycles. The van der Waals surface area contributed by atoms with Gasteiger partial charge in [-0.2, -0.15) is 0 Å². The van der Waals surface area contributed by atoms with Crippen LogP contribution >= 0.6 is 0 Å². The zero-order valence-electron chi connectivity index (χ0n) is 14.6. The van der Waals surface area contributed by atoms with Crippen LogP contribution in [0, 0.1) is 0 Å². The van der Waals surface area contributed by atoms with Gasteiger partial charge in [0.2, 0.25) is 16.4 Å². The van der Waals surface area contributed by atoms with Crippen LogP contribution in [0.5, 0.6) is 0 Å². The van der Waals surface area contributed by atoms with Gasteiger partial charge in [0.15, 0.2) is 6.23 Å². The average molecular weight is 403 g/mol. The predicted molar refractivity (Wildman–Crippen MR) is 91.3 cm³/mol. The standard InChI is InChI=1S/C15H19F2N5O4S/c1-15(5-6-15)20-27(24,25)8-3-4-9-10(7-8)22(14(23)21(9)2)13-19-18-12(26-13)11(16)17/h3-4,7,11-13,18-20H,5-6H2,1-2H3. The van der Waals surface area contributed by atoms with Gasteiger partial charge in [0.05, 0.1) is 15.9 Å². The number of fused-ring (bicyclic) bond motifs is 1. The number of rotatable bonds is 5. The van der Waals surface area contributed by atoms with E-state index in [4.69, 9.17) is 4.74 Å². The Morgan fingerprint density at radius 2 is 2.00 bits per heavy atom. The lowest BCUT2D eigenvalue weighted by molar-refractivity contribution is -0.0807. The van der Waals surface area contributed by atoms with Crippen molar-refractivity contribution < 1.29 is 21.9 Å². The fourth-order valence-corrected chi connectivity index (χ4v) is 4.51. The smallest absolute Gasteiger partial charge is 0.318 e. The fraction of sp³-hybridized carbons (Fsp3) is 0.533. The first-order chi connectivity index (χ1) is 12.6. The molecule has 27 heavy (non-hydrogen) atoms. The molecule has 148 valence electrons. The summed E-state index contributed by atoms with van der Waals surface area (Å²) in [5, 5.41) is 0. The number of alkyl halides is 2. The quantitative estimate of drug-likeness (QED) is 0.665. The number of aromatic nitrogens is 2. The van der Waals surface area contributed by atoms with Crippen LogP contribution in [0.1, 0.15) is 26.1 Å². The van der Waals surface area contributed by atoms with Gasteiger partial charge in [0.1, 0.15) is 0 Å². The first kappa shape index (κ1) is 18.5. The van der Waals surface area contributed by atoms with Gasteiger partial charge in [-0.05, 0) is 38.0 Å². The number of imidazole rings is 1. The van der Waals surface area contributed by atoms with Crippen molar-refractivity contribution in [2.45, 2.75) is 49.2 Å². The van der Waals surface area contributed by atoms with E-state index in [1.54, 1.807) is 0 Å². The second kappa shape index (κ2) is 6.07. The highest BCUT2D eigenvalue weighted by molar-refractivity contribution is 7.89. The van der Waals surface area contributed by atoms with Crippen molar-refractivity contribution in [2.75, 3.05) is 0 Å². The molecule has 4 rings (SSSR count). The largest absolute Gasteiger partial charge is 0.332 e. The minimum Gasteiger partial charge on any atom is -0.318 e.